The predicted molar refractivity (Wildman–Crippen MR) is 38.5 cm³/mol. The lowest BCUT2D eigenvalue weighted by atomic mass is 10.1. The van der Waals surface area contributed by atoms with E-state index in [1.54, 1.807) is 0 Å². The molecular formula is C6H14N2O2. The van der Waals surface area contributed by atoms with Crippen LogP contribution in [0.15, 0.2) is 0 Å². The molecular weight excluding hydrogens is 132 g/mol. The van der Waals surface area contributed by atoms with Crippen LogP contribution in [0.3, 0.4) is 0 Å². The Morgan fingerprint density at radius 1 is 1.90 bits per heavy atom. The van der Waals surface area contributed by atoms with Crippen LogP contribution < -0.4 is 11.5 Å². The molecule has 10 heavy (non-hydrogen) atoms. The van der Waals surface area contributed by atoms with E-state index in [1.807, 2.05) is 0 Å². The monoisotopic (exact) mass is 150 g/mol. The standard InChI is InChI=1S/C6H14N2O2/c7-4-2-1-3-5(8)6(9)10/h5H,1-4,7-8H2,(H,9,10)/t5-/m0/s1/i3D,5D/hD2/t3?,5-. The molecule has 5 N–H and O–H groups in total. The number of hydrogen-bond acceptors (Lipinski definition) is 3. The smallest absolute Gasteiger partial charge is 0.320 e. The van der Waals surface area contributed by atoms with E-state index in [0.717, 1.165) is 0 Å². The predicted octanol–water partition coefficient (Wildman–Crippen LogP) is -0.473. The third-order valence-corrected chi connectivity index (χ3v) is 0.965. The summed E-state index contributed by atoms with van der Waals surface area (Å²) in [5.74, 6) is -1.67. The summed E-state index contributed by atoms with van der Waals surface area (Å²) in [5.41, 5.74) is 4.91. The molecule has 0 aliphatic carbocycles. The van der Waals surface area contributed by atoms with Crippen molar-refractivity contribution in [2.24, 2.45) is 11.5 Å². The molecule has 2 atom stereocenters. The van der Waals surface area contributed by atoms with Crippen molar-refractivity contribution >= 4 is 5.97 Å². The number of hydrogen-bond donors (Lipinski definition) is 3. The van der Waals surface area contributed by atoms with Crippen molar-refractivity contribution in [3.05, 3.63) is 0 Å². The highest BCUT2D eigenvalue weighted by Gasteiger charge is 2.09. The molecule has 0 bridgehead atoms. The lowest BCUT2D eigenvalue weighted by molar-refractivity contribution is -0.138. The fourth-order valence-corrected chi connectivity index (χ4v) is 0.444. The van der Waals surface area contributed by atoms with Gasteiger partial charge < -0.3 is 16.6 Å². The minimum Gasteiger partial charge on any atom is -0.480 e. The highest BCUT2D eigenvalue weighted by Crippen LogP contribution is 1.96. The molecule has 0 fully saturated rings. The van der Waals surface area contributed by atoms with Crippen LogP contribution in [0.1, 0.15) is 22.0 Å². The third-order valence-electron chi connectivity index (χ3n) is 0.965. The van der Waals surface area contributed by atoms with Crippen LogP contribution in [0.25, 0.3) is 0 Å². The summed E-state index contributed by atoms with van der Waals surface area (Å²) >= 11 is 0. The van der Waals surface area contributed by atoms with E-state index in [-0.39, 0.29) is 12.1 Å². The van der Waals surface area contributed by atoms with Gasteiger partial charge in [0.05, 0.1) is 1.37 Å². The summed E-state index contributed by atoms with van der Waals surface area (Å²) < 4.78 is 28.3. The minimum absolute atomic E-state index is 0.0839. The average Bonchev–Trinajstić information content (AvgIpc) is 2.11. The largest absolute Gasteiger partial charge is 0.480 e. The molecule has 0 heterocycles. The van der Waals surface area contributed by atoms with Gasteiger partial charge in [-0.3, -0.25) is 4.79 Å². The van der Waals surface area contributed by atoms with Crippen molar-refractivity contribution in [1.82, 2.24) is 0 Å². The summed E-state index contributed by atoms with van der Waals surface area (Å²) in [7, 11) is 0. The fraction of sp³-hybridized carbons (Fsp3) is 0.833. The highest BCUT2D eigenvalue weighted by molar-refractivity contribution is 5.72. The van der Waals surface area contributed by atoms with Gasteiger partial charge in [0.15, 0.2) is 0 Å². The normalized spacial score (nSPS) is 25.4. The van der Waals surface area contributed by atoms with Gasteiger partial charge in [0.2, 0.25) is 0 Å². The van der Waals surface area contributed by atoms with Crippen LogP contribution in [0, 0.1) is 0 Å². The van der Waals surface area contributed by atoms with E-state index in [1.165, 1.54) is 0 Å². The van der Waals surface area contributed by atoms with Crippen molar-refractivity contribution in [3.8, 4) is 0 Å². The van der Waals surface area contributed by atoms with Gasteiger partial charge in [0.1, 0.15) is 8.84 Å². The number of nitrogens with two attached hydrogens (primary N) is 2. The van der Waals surface area contributed by atoms with Crippen LogP contribution in [-0.2, 0) is 4.79 Å². The van der Waals surface area contributed by atoms with E-state index < -0.39 is 18.4 Å². The summed E-state index contributed by atoms with van der Waals surface area (Å²) in [6.45, 7) is 0.293. The molecule has 0 spiro atoms. The molecule has 0 aliphatic heterocycles. The van der Waals surface area contributed by atoms with Crippen molar-refractivity contribution in [1.29, 1.82) is 0 Å². The highest BCUT2D eigenvalue weighted by atomic mass is 16.4. The first-order valence-corrected chi connectivity index (χ1v) is 3.01. The van der Waals surface area contributed by atoms with Crippen LogP contribution >= 0.6 is 0 Å². The maximum absolute atomic E-state index is 10.6. The van der Waals surface area contributed by atoms with Crippen LogP contribution in [0.4, 0.5) is 0 Å². The number of rotatable bonds is 6. The summed E-state index contributed by atoms with van der Waals surface area (Å²) in [4.78, 5) is 10.6. The number of aliphatic carboxylic acids is 1. The molecule has 0 saturated carbocycles. The van der Waals surface area contributed by atoms with Gasteiger partial charge in [-0.15, -0.1) is 0 Å². The first-order chi connectivity index (χ1) is 6.37. The SMILES string of the molecule is [2H]C(CCCN)[C@@]([2H])(C(=O)O)N([2H])[2H]. The molecule has 0 aromatic heterocycles. The van der Waals surface area contributed by atoms with Crippen molar-refractivity contribution in [2.45, 2.75) is 25.3 Å². The second-order valence-electron chi connectivity index (χ2n) is 1.83. The van der Waals surface area contributed by atoms with E-state index in [9.17, 15) is 4.79 Å². The number of carboxylic acid groups (broad SMARTS) is 1. The van der Waals surface area contributed by atoms with E-state index in [2.05, 4.69) is 0 Å². The second kappa shape index (κ2) is 5.20. The Bertz CT molecular complexity index is 204. The Labute approximate surface area is 65.9 Å². The topological polar surface area (TPSA) is 89.3 Å². The van der Waals surface area contributed by atoms with Crippen molar-refractivity contribution in [2.75, 3.05) is 6.54 Å². The van der Waals surface area contributed by atoms with Crippen molar-refractivity contribution < 1.29 is 15.5 Å². The zero-order chi connectivity index (χ0) is 11.4. The molecule has 4 nitrogen and oxygen atoms in total. The van der Waals surface area contributed by atoms with Crippen LogP contribution in [0.2, 0.25) is 2.82 Å². The van der Waals surface area contributed by atoms with E-state index >= 15 is 0 Å². The summed E-state index contributed by atoms with van der Waals surface area (Å²) in [6, 6.07) is -2.55. The first kappa shape index (κ1) is 4.31. The molecule has 0 amide bonds. The number of carboxylic acids is 1. The molecule has 4 heteroatoms. The Balaban J connectivity index is 4.56. The van der Waals surface area contributed by atoms with Gasteiger partial charge in [-0.1, -0.05) is 6.42 Å². The molecule has 0 radical (unpaired) electrons. The Hall–Kier alpha value is -0.610. The van der Waals surface area contributed by atoms with Gasteiger partial charge >= 0.3 is 5.97 Å². The lowest BCUT2D eigenvalue weighted by Gasteiger charge is -2.03. The van der Waals surface area contributed by atoms with E-state index in [4.69, 9.17) is 16.4 Å². The Morgan fingerprint density at radius 3 is 3.00 bits per heavy atom. The van der Waals surface area contributed by atoms with Gasteiger partial charge in [0.25, 0.3) is 0 Å². The summed E-state index contributed by atoms with van der Waals surface area (Å²) in [5, 5.41) is 8.65. The molecule has 0 rings (SSSR count). The molecule has 0 aromatic rings. The minimum atomic E-state index is -2.55. The molecule has 0 aromatic carbocycles. The first-order valence-electron chi connectivity index (χ1n) is 4.98. The van der Waals surface area contributed by atoms with Crippen molar-refractivity contribution in [3.63, 3.8) is 0 Å². The molecule has 1 unspecified atom stereocenters. The summed E-state index contributed by atoms with van der Waals surface area (Å²) in [6.07, 6.45) is -0.880. The van der Waals surface area contributed by atoms with Gasteiger partial charge in [0, 0.05) is 1.37 Å². The maximum atomic E-state index is 10.6. The van der Waals surface area contributed by atoms with Gasteiger partial charge in [-0.25, -0.2) is 0 Å². The zero-order valence-electron chi connectivity index (χ0n) is 9.58. The number of carbonyl (C=O) groups is 1. The molecule has 60 valence electrons. The Kier molecular flexibility index (Phi) is 2.24. The Morgan fingerprint density at radius 2 is 2.60 bits per heavy atom. The molecule has 0 saturated heterocycles. The van der Waals surface area contributed by atoms with Crippen LogP contribution in [0.5, 0.6) is 0 Å². The van der Waals surface area contributed by atoms with Gasteiger partial charge in [-0.05, 0) is 19.4 Å². The zero-order valence-corrected chi connectivity index (χ0v) is 5.58. The van der Waals surface area contributed by atoms with Gasteiger partial charge in [-0.2, -0.15) is 0 Å². The second-order valence-corrected chi connectivity index (χ2v) is 1.83. The maximum Gasteiger partial charge on any atom is 0.320 e. The lowest BCUT2D eigenvalue weighted by Crippen LogP contribution is -2.29. The average molecular weight is 150 g/mol. The van der Waals surface area contributed by atoms with E-state index in [0.29, 0.717) is 13.0 Å². The van der Waals surface area contributed by atoms with Crippen LogP contribution in [-0.4, -0.2) is 23.6 Å². The third kappa shape index (κ3) is 4.29. The quantitative estimate of drug-likeness (QED) is 0.477. The fourth-order valence-electron chi connectivity index (χ4n) is 0.444. The molecule has 0 aliphatic rings.